The highest BCUT2D eigenvalue weighted by Gasteiger charge is 2.11. The highest BCUT2D eigenvalue weighted by molar-refractivity contribution is 6.42. The maximum absolute atomic E-state index is 6.06. The van der Waals surface area contributed by atoms with Crippen molar-refractivity contribution in [3.63, 3.8) is 0 Å². The van der Waals surface area contributed by atoms with Crippen LogP contribution < -0.4 is 5.73 Å². The third kappa shape index (κ3) is 1.92. The molecule has 0 radical (unpaired) electrons. The highest BCUT2D eigenvalue weighted by atomic mass is 35.5. The normalized spacial score (nSPS) is 10.5. The summed E-state index contributed by atoms with van der Waals surface area (Å²) in [6, 6.07) is 1.72. The fourth-order valence-electron chi connectivity index (χ4n) is 1.52. The summed E-state index contributed by atoms with van der Waals surface area (Å²) in [5.74, 6) is 0. The smallest absolute Gasteiger partial charge is 0.0628 e. The average Bonchev–Trinajstić information content (AvgIpc) is 2.10. The molecule has 0 aromatic heterocycles. The Morgan fingerprint density at radius 2 is 1.69 bits per heavy atom. The van der Waals surface area contributed by atoms with Gasteiger partial charge in [-0.15, -0.1) is 0 Å². The lowest BCUT2D eigenvalue weighted by Crippen LogP contribution is -1.99. The molecule has 0 amide bonds. The Hall–Kier alpha value is -0.400. The summed E-state index contributed by atoms with van der Waals surface area (Å²) in [5, 5.41) is 1.20. The number of benzene rings is 1. The number of nitrogen functional groups attached to an aromatic ring is 1. The van der Waals surface area contributed by atoms with Crippen LogP contribution in [0.15, 0.2) is 6.07 Å². The van der Waals surface area contributed by atoms with E-state index in [4.69, 9.17) is 28.9 Å². The zero-order valence-corrected chi connectivity index (χ0v) is 9.34. The predicted molar refractivity (Wildman–Crippen MR) is 59.6 cm³/mol. The maximum atomic E-state index is 6.06. The number of hydrogen-bond acceptors (Lipinski definition) is 1. The zero-order chi connectivity index (χ0) is 10.0. The average molecular weight is 218 g/mol. The van der Waals surface area contributed by atoms with Crippen LogP contribution in [0.1, 0.15) is 25.0 Å². The molecule has 3 heteroatoms. The quantitative estimate of drug-likeness (QED) is 0.752. The third-order valence-electron chi connectivity index (χ3n) is 2.18. The van der Waals surface area contributed by atoms with Gasteiger partial charge in [0.25, 0.3) is 0 Å². The summed E-state index contributed by atoms with van der Waals surface area (Å²) >= 11 is 12.0. The van der Waals surface area contributed by atoms with Gasteiger partial charge < -0.3 is 5.73 Å². The van der Waals surface area contributed by atoms with Gasteiger partial charge in [0.2, 0.25) is 0 Å². The van der Waals surface area contributed by atoms with Crippen molar-refractivity contribution in [3.8, 4) is 0 Å². The van der Waals surface area contributed by atoms with Gasteiger partial charge in [0.15, 0.2) is 0 Å². The SMILES string of the molecule is CCc1c(N)cc(Cl)c(Cl)c1CC. The van der Waals surface area contributed by atoms with E-state index in [0.717, 1.165) is 29.7 Å². The summed E-state index contributed by atoms with van der Waals surface area (Å²) in [5.41, 5.74) is 8.78. The zero-order valence-electron chi connectivity index (χ0n) is 7.82. The molecule has 0 saturated heterocycles. The Morgan fingerprint density at radius 3 is 2.15 bits per heavy atom. The Labute approximate surface area is 88.8 Å². The molecule has 0 aliphatic heterocycles. The van der Waals surface area contributed by atoms with E-state index in [9.17, 15) is 0 Å². The number of nitrogens with two attached hydrogens (primary N) is 1. The van der Waals surface area contributed by atoms with E-state index in [2.05, 4.69) is 13.8 Å². The van der Waals surface area contributed by atoms with Crippen LogP contribution in [0.5, 0.6) is 0 Å². The number of halogens is 2. The molecule has 0 unspecified atom stereocenters. The molecule has 0 bridgehead atoms. The van der Waals surface area contributed by atoms with Crippen molar-refractivity contribution >= 4 is 28.9 Å². The molecule has 0 aliphatic rings. The molecule has 0 spiro atoms. The topological polar surface area (TPSA) is 26.0 Å². The van der Waals surface area contributed by atoms with Gasteiger partial charge in [-0.25, -0.2) is 0 Å². The van der Waals surface area contributed by atoms with Crippen LogP contribution in [0.2, 0.25) is 10.0 Å². The molecule has 0 aliphatic carbocycles. The van der Waals surface area contributed by atoms with Crippen LogP contribution in [0.4, 0.5) is 5.69 Å². The predicted octanol–water partition coefficient (Wildman–Crippen LogP) is 3.70. The second-order valence-electron chi connectivity index (χ2n) is 2.93. The molecule has 0 heterocycles. The third-order valence-corrected chi connectivity index (χ3v) is 3.00. The second kappa shape index (κ2) is 4.21. The summed E-state index contributed by atoms with van der Waals surface area (Å²) in [4.78, 5) is 0. The highest BCUT2D eigenvalue weighted by Crippen LogP contribution is 2.33. The first-order valence-electron chi connectivity index (χ1n) is 4.37. The lowest BCUT2D eigenvalue weighted by atomic mass is 10.0. The molecule has 1 aromatic rings. The first-order chi connectivity index (χ1) is 6.11. The van der Waals surface area contributed by atoms with Crippen molar-refractivity contribution in [2.75, 3.05) is 5.73 Å². The van der Waals surface area contributed by atoms with Crippen molar-refractivity contribution in [1.29, 1.82) is 0 Å². The summed E-state index contributed by atoms with van der Waals surface area (Å²) < 4.78 is 0. The Bertz CT molecular complexity index is 321. The van der Waals surface area contributed by atoms with Gasteiger partial charge >= 0.3 is 0 Å². The largest absolute Gasteiger partial charge is 0.398 e. The molecular weight excluding hydrogens is 205 g/mol. The fourth-order valence-corrected chi connectivity index (χ4v) is 2.06. The molecule has 0 fully saturated rings. The first kappa shape index (κ1) is 10.7. The summed E-state index contributed by atoms with van der Waals surface area (Å²) in [7, 11) is 0. The van der Waals surface area contributed by atoms with Gasteiger partial charge in [-0.3, -0.25) is 0 Å². The van der Waals surface area contributed by atoms with E-state index < -0.39 is 0 Å². The minimum absolute atomic E-state index is 0.549. The number of hydrogen-bond donors (Lipinski definition) is 1. The van der Waals surface area contributed by atoms with Crippen molar-refractivity contribution < 1.29 is 0 Å². The Morgan fingerprint density at radius 1 is 1.15 bits per heavy atom. The van der Waals surface area contributed by atoms with Gasteiger partial charge in [0.1, 0.15) is 0 Å². The Kier molecular flexibility index (Phi) is 3.46. The van der Waals surface area contributed by atoms with E-state index in [0.29, 0.717) is 10.0 Å². The minimum Gasteiger partial charge on any atom is -0.398 e. The van der Waals surface area contributed by atoms with Crippen LogP contribution >= 0.6 is 23.2 Å². The van der Waals surface area contributed by atoms with Crippen molar-refractivity contribution in [1.82, 2.24) is 0 Å². The van der Waals surface area contributed by atoms with Crippen LogP contribution in [-0.2, 0) is 12.8 Å². The van der Waals surface area contributed by atoms with Crippen molar-refractivity contribution in [2.24, 2.45) is 0 Å². The van der Waals surface area contributed by atoms with Crippen LogP contribution in [0, 0.1) is 0 Å². The van der Waals surface area contributed by atoms with E-state index in [1.54, 1.807) is 6.07 Å². The standard InChI is InChI=1S/C10H13Cl2N/c1-3-6-7(4-2)10(12)8(11)5-9(6)13/h5H,3-4,13H2,1-2H3. The molecule has 2 N–H and O–H groups in total. The van der Waals surface area contributed by atoms with Gasteiger partial charge in [0, 0.05) is 5.69 Å². The van der Waals surface area contributed by atoms with Crippen molar-refractivity contribution in [2.45, 2.75) is 26.7 Å². The first-order valence-corrected chi connectivity index (χ1v) is 5.12. The molecule has 72 valence electrons. The molecule has 1 aromatic carbocycles. The summed E-state index contributed by atoms with van der Waals surface area (Å²) in [6.45, 7) is 4.12. The van der Waals surface area contributed by atoms with E-state index >= 15 is 0 Å². The van der Waals surface area contributed by atoms with Gasteiger partial charge in [-0.05, 0) is 30.0 Å². The molecule has 1 nitrogen and oxygen atoms in total. The fraction of sp³-hybridized carbons (Fsp3) is 0.400. The van der Waals surface area contributed by atoms with Gasteiger partial charge in [-0.2, -0.15) is 0 Å². The molecule has 0 atom stereocenters. The Balaban J connectivity index is 3.41. The van der Waals surface area contributed by atoms with E-state index in [-0.39, 0.29) is 0 Å². The summed E-state index contributed by atoms with van der Waals surface area (Å²) in [6.07, 6.45) is 1.76. The van der Waals surface area contributed by atoms with Gasteiger partial charge in [0.05, 0.1) is 10.0 Å². The second-order valence-corrected chi connectivity index (χ2v) is 3.71. The number of rotatable bonds is 2. The monoisotopic (exact) mass is 217 g/mol. The molecule has 1 rings (SSSR count). The van der Waals surface area contributed by atoms with Crippen LogP contribution in [-0.4, -0.2) is 0 Å². The molecular formula is C10H13Cl2N. The number of anilines is 1. The lowest BCUT2D eigenvalue weighted by molar-refractivity contribution is 1.04. The lowest BCUT2D eigenvalue weighted by Gasteiger charge is -2.12. The molecule has 13 heavy (non-hydrogen) atoms. The van der Waals surface area contributed by atoms with E-state index in [1.807, 2.05) is 0 Å². The van der Waals surface area contributed by atoms with Crippen LogP contribution in [0.25, 0.3) is 0 Å². The minimum atomic E-state index is 0.549. The van der Waals surface area contributed by atoms with Crippen LogP contribution in [0.3, 0.4) is 0 Å². The maximum Gasteiger partial charge on any atom is 0.0628 e. The van der Waals surface area contributed by atoms with E-state index in [1.165, 1.54) is 0 Å². The van der Waals surface area contributed by atoms with Gasteiger partial charge in [-0.1, -0.05) is 37.0 Å². The van der Waals surface area contributed by atoms with Crippen molar-refractivity contribution in [3.05, 3.63) is 27.2 Å². The molecule has 0 saturated carbocycles.